The van der Waals surface area contributed by atoms with E-state index in [1.54, 1.807) is 21.3 Å². The van der Waals surface area contributed by atoms with Crippen molar-refractivity contribution in [2.75, 3.05) is 21.3 Å². The summed E-state index contributed by atoms with van der Waals surface area (Å²) in [7, 11) is -1.46. The fraction of sp³-hybridized carbons (Fsp3) is 1.00. The molecule has 0 saturated carbocycles. The second kappa shape index (κ2) is 9.41. The molecule has 146 valence electrons. The van der Waals surface area contributed by atoms with Gasteiger partial charge in [-0.1, -0.05) is 20.8 Å². The monoisotopic (exact) mass is 396 g/mol. The fourth-order valence-electron chi connectivity index (χ4n) is 3.77. The van der Waals surface area contributed by atoms with Crippen LogP contribution in [0, 0.1) is 0 Å². The molecule has 0 N–H and O–H groups in total. The Morgan fingerprint density at radius 3 is 1.50 bits per heavy atom. The SMILES string of the molecule is CCC(CC)(O[SiH](C)C)[Si](C)(C)OC(C)(CC)[Si](OC)(OC)OC. The lowest BCUT2D eigenvalue weighted by Crippen LogP contribution is -2.70. The molecule has 0 fully saturated rings. The standard InChI is InChI=1S/C16H40O5Si3/c1-12-15(4,24(17-5,18-6)19-7)21-23(10,11)16(13-2,14-3)20-22(8)9/h22H,12-14H2,1-11H3. The zero-order valence-corrected chi connectivity index (χ0v) is 20.9. The Bertz CT molecular complexity index is 362. The maximum Gasteiger partial charge on any atom is 0.532 e. The van der Waals surface area contributed by atoms with Crippen molar-refractivity contribution in [2.24, 2.45) is 0 Å². The first-order valence-corrected chi connectivity index (χ1v) is 16.4. The normalized spacial score (nSPS) is 16.5. The lowest BCUT2D eigenvalue weighted by molar-refractivity contribution is -0.00253. The third-order valence-electron chi connectivity index (χ3n) is 5.31. The molecule has 0 heterocycles. The Morgan fingerprint density at radius 1 is 0.833 bits per heavy atom. The lowest BCUT2D eigenvalue weighted by atomic mass is 10.2. The Hall–Kier alpha value is 0.451. The first-order chi connectivity index (χ1) is 11.0. The van der Waals surface area contributed by atoms with Crippen LogP contribution in [0.25, 0.3) is 0 Å². The van der Waals surface area contributed by atoms with Gasteiger partial charge in [0.25, 0.3) is 0 Å². The topological polar surface area (TPSA) is 46.2 Å². The molecule has 0 aliphatic carbocycles. The molecule has 0 amide bonds. The van der Waals surface area contributed by atoms with Gasteiger partial charge in [-0.2, -0.15) is 0 Å². The molecular formula is C16H40O5Si3. The zero-order chi connectivity index (χ0) is 19.2. The van der Waals surface area contributed by atoms with Gasteiger partial charge in [-0.15, -0.1) is 0 Å². The summed E-state index contributed by atoms with van der Waals surface area (Å²) in [4.78, 5) is 0. The number of hydrogen-bond acceptors (Lipinski definition) is 5. The summed E-state index contributed by atoms with van der Waals surface area (Å²) in [6.07, 6.45) is 2.66. The Balaban J connectivity index is 5.92. The second-order valence-electron chi connectivity index (χ2n) is 7.23. The minimum Gasteiger partial charge on any atom is -0.415 e. The van der Waals surface area contributed by atoms with Crippen molar-refractivity contribution in [2.45, 2.75) is 83.6 Å². The molecule has 0 aliphatic heterocycles. The summed E-state index contributed by atoms with van der Waals surface area (Å²) in [5, 5.41) is -0.794. The molecule has 0 rings (SSSR count). The molecule has 0 aromatic carbocycles. The quantitative estimate of drug-likeness (QED) is 0.468. The van der Waals surface area contributed by atoms with Crippen molar-refractivity contribution >= 4 is 26.2 Å². The van der Waals surface area contributed by atoms with E-state index in [2.05, 4.69) is 53.9 Å². The van der Waals surface area contributed by atoms with Crippen molar-refractivity contribution < 1.29 is 22.1 Å². The van der Waals surface area contributed by atoms with Crippen molar-refractivity contribution in [3.8, 4) is 0 Å². The van der Waals surface area contributed by atoms with Gasteiger partial charge in [-0.05, 0) is 52.4 Å². The van der Waals surface area contributed by atoms with E-state index in [0.29, 0.717) is 0 Å². The molecule has 5 nitrogen and oxygen atoms in total. The van der Waals surface area contributed by atoms with E-state index in [4.69, 9.17) is 22.1 Å². The maximum atomic E-state index is 6.88. The Kier molecular flexibility index (Phi) is 9.58. The minimum absolute atomic E-state index is 0.195. The minimum atomic E-state index is -2.96. The number of hydrogen-bond donors (Lipinski definition) is 0. The van der Waals surface area contributed by atoms with Gasteiger partial charge in [-0.3, -0.25) is 0 Å². The molecule has 0 aromatic heterocycles. The van der Waals surface area contributed by atoms with E-state index in [0.717, 1.165) is 19.3 Å². The summed E-state index contributed by atoms with van der Waals surface area (Å²) in [5.41, 5.74) is 0. The highest BCUT2D eigenvalue weighted by atomic mass is 28.4. The highest BCUT2D eigenvalue weighted by Gasteiger charge is 2.61. The molecule has 0 bridgehead atoms. The van der Waals surface area contributed by atoms with Gasteiger partial charge in [0, 0.05) is 21.3 Å². The third-order valence-corrected chi connectivity index (χ3v) is 14.0. The number of rotatable bonds is 12. The van der Waals surface area contributed by atoms with E-state index in [-0.39, 0.29) is 5.22 Å². The van der Waals surface area contributed by atoms with Crippen LogP contribution in [0.15, 0.2) is 0 Å². The zero-order valence-electron chi connectivity index (χ0n) is 17.7. The largest absolute Gasteiger partial charge is 0.532 e. The first-order valence-electron chi connectivity index (χ1n) is 9.02. The van der Waals surface area contributed by atoms with Gasteiger partial charge in [0.2, 0.25) is 8.32 Å². The van der Waals surface area contributed by atoms with E-state index in [1.165, 1.54) is 0 Å². The average molecular weight is 397 g/mol. The van der Waals surface area contributed by atoms with Crippen molar-refractivity contribution in [3.05, 3.63) is 0 Å². The van der Waals surface area contributed by atoms with Crippen LogP contribution in [0.4, 0.5) is 0 Å². The Morgan fingerprint density at radius 2 is 1.25 bits per heavy atom. The Labute approximate surface area is 153 Å². The van der Waals surface area contributed by atoms with E-state index in [1.807, 2.05) is 0 Å². The van der Waals surface area contributed by atoms with Crippen LogP contribution < -0.4 is 0 Å². The molecule has 0 aromatic rings. The molecule has 0 saturated heterocycles. The lowest BCUT2D eigenvalue weighted by Gasteiger charge is -2.51. The van der Waals surface area contributed by atoms with Crippen LogP contribution >= 0.6 is 0 Å². The summed E-state index contributed by atoms with van der Waals surface area (Å²) in [5.74, 6) is 0. The molecular weight excluding hydrogens is 356 g/mol. The average Bonchev–Trinajstić information content (AvgIpc) is 2.53. The first kappa shape index (κ1) is 24.5. The molecule has 24 heavy (non-hydrogen) atoms. The smallest absolute Gasteiger partial charge is 0.415 e. The molecule has 8 heteroatoms. The van der Waals surface area contributed by atoms with Gasteiger partial charge in [0.15, 0.2) is 9.04 Å². The van der Waals surface area contributed by atoms with Crippen molar-refractivity contribution in [1.82, 2.24) is 0 Å². The second-order valence-corrected chi connectivity index (χ2v) is 17.1. The van der Waals surface area contributed by atoms with Crippen molar-refractivity contribution in [3.63, 3.8) is 0 Å². The summed E-state index contributed by atoms with van der Waals surface area (Å²) >= 11 is 0. The highest BCUT2D eigenvalue weighted by molar-refractivity contribution is 6.76. The van der Waals surface area contributed by atoms with Crippen LogP contribution in [0.1, 0.15) is 47.0 Å². The van der Waals surface area contributed by atoms with Gasteiger partial charge in [0.1, 0.15) is 5.22 Å². The predicted molar refractivity (Wildman–Crippen MR) is 107 cm³/mol. The van der Waals surface area contributed by atoms with Crippen LogP contribution in [0.5, 0.6) is 0 Å². The van der Waals surface area contributed by atoms with Crippen LogP contribution in [0.3, 0.4) is 0 Å². The summed E-state index contributed by atoms with van der Waals surface area (Å²) < 4.78 is 30.7. The van der Waals surface area contributed by atoms with Crippen LogP contribution in [-0.4, -0.2) is 57.9 Å². The molecule has 0 radical (unpaired) electrons. The van der Waals surface area contributed by atoms with E-state index < -0.39 is 31.4 Å². The molecule has 1 atom stereocenters. The summed E-state index contributed by atoms with van der Waals surface area (Å²) in [6, 6.07) is 0. The van der Waals surface area contributed by atoms with E-state index in [9.17, 15) is 0 Å². The van der Waals surface area contributed by atoms with E-state index >= 15 is 0 Å². The van der Waals surface area contributed by atoms with Crippen molar-refractivity contribution in [1.29, 1.82) is 0 Å². The van der Waals surface area contributed by atoms with Gasteiger partial charge in [-0.25, -0.2) is 0 Å². The van der Waals surface area contributed by atoms with Gasteiger partial charge >= 0.3 is 8.80 Å². The highest BCUT2D eigenvalue weighted by Crippen LogP contribution is 2.40. The summed E-state index contributed by atoms with van der Waals surface area (Å²) in [6.45, 7) is 17.5. The molecule has 1 unspecified atom stereocenters. The van der Waals surface area contributed by atoms with Crippen LogP contribution in [0.2, 0.25) is 26.2 Å². The molecule has 0 aliphatic rings. The van der Waals surface area contributed by atoms with Gasteiger partial charge in [0.05, 0.1) is 5.22 Å². The van der Waals surface area contributed by atoms with Crippen LogP contribution in [-0.2, 0) is 22.1 Å². The predicted octanol–water partition coefficient (Wildman–Crippen LogP) is 3.89. The third kappa shape index (κ3) is 4.59. The maximum absolute atomic E-state index is 6.88. The fourth-order valence-corrected chi connectivity index (χ4v) is 13.5. The molecule has 0 spiro atoms. The van der Waals surface area contributed by atoms with Gasteiger partial charge < -0.3 is 22.1 Å².